The van der Waals surface area contributed by atoms with Gasteiger partial charge >= 0.3 is 0 Å². The molecule has 162 valence electrons. The zero-order chi connectivity index (χ0) is 21.8. The lowest BCUT2D eigenvalue weighted by Crippen LogP contribution is -2.05. The van der Waals surface area contributed by atoms with Crippen LogP contribution in [-0.4, -0.2) is 33.1 Å². The minimum absolute atomic E-state index is 0.582. The number of aryl methyl sites for hydroxylation is 3. The molecule has 0 aliphatic carbocycles. The van der Waals surface area contributed by atoms with Crippen molar-refractivity contribution >= 4 is 6.21 Å². The summed E-state index contributed by atoms with van der Waals surface area (Å²) in [6.45, 7) is 10.0. The lowest BCUT2D eigenvalue weighted by Gasteiger charge is -2.14. The average molecular weight is 412 g/mol. The van der Waals surface area contributed by atoms with Gasteiger partial charge in [0.15, 0.2) is 0 Å². The third-order valence-corrected chi connectivity index (χ3v) is 4.56. The Labute approximate surface area is 180 Å². The van der Waals surface area contributed by atoms with Crippen LogP contribution < -0.4 is 14.2 Å². The SMILES string of the molecule is C/C=C/COc1cc(C)c(OCCCCOc2ccc(/C=N/OC)cc2C)c(C)c1. The third kappa shape index (κ3) is 7.47. The van der Waals surface area contributed by atoms with Gasteiger partial charge in [-0.25, -0.2) is 0 Å². The first-order valence-corrected chi connectivity index (χ1v) is 10.3. The highest BCUT2D eigenvalue weighted by molar-refractivity contribution is 5.79. The lowest BCUT2D eigenvalue weighted by atomic mass is 10.1. The number of allylic oxidation sites excluding steroid dienone is 1. The molecule has 0 spiro atoms. The zero-order valence-corrected chi connectivity index (χ0v) is 18.7. The van der Waals surface area contributed by atoms with Gasteiger partial charge in [-0.3, -0.25) is 0 Å². The number of benzene rings is 2. The van der Waals surface area contributed by atoms with E-state index in [1.165, 1.54) is 7.11 Å². The van der Waals surface area contributed by atoms with Crippen molar-refractivity contribution in [1.82, 2.24) is 0 Å². The van der Waals surface area contributed by atoms with E-state index in [0.717, 1.165) is 52.3 Å². The van der Waals surface area contributed by atoms with E-state index in [0.29, 0.717) is 19.8 Å². The van der Waals surface area contributed by atoms with Crippen molar-refractivity contribution in [1.29, 1.82) is 0 Å². The van der Waals surface area contributed by atoms with E-state index in [2.05, 4.69) is 19.0 Å². The van der Waals surface area contributed by atoms with Crippen molar-refractivity contribution in [2.75, 3.05) is 26.9 Å². The maximum atomic E-state index is 6.03. The molecule has 0 aromatic heterocycles. The van der Waals surface area contributed by atoms with Crippen molar-refractivity contribution in [3.05, 3.63) is 64.7 Å². The molecule has 0 saturated carbocycles. The van der Waals surface area contributed by atoms with Crippen molar-refractivity contribution in [2.45, 2.75) is 40.5 Å². The summed E-state index contributed by atoms with van der Waals surface area (Å²) in [6, 6.07) is 10.0. The second-order valence-corrected chi connectivity index (χ2v) is 7.11. The van der Waals surface area contributed by atoms with Gasteiger partial charge in [-0.05, 0) is 93.1 Å². The first kappa shape index (κ1) is 23.3. The Kier molecular flexibility index (Phi) is 9.78. The highest BCUT2D eigenvalue weighted by Gasteiger charge is 2.07. The smallest absolute Gasteiger partial charge is 0.125 e. The minimum Gasteiger partial charge on any atom is -0.493 e. The van der Waals surface area contributed by atoms with Gasteiger partial charge in [0.1, 0.15) is 31.0 Å². The van der Waals surface area contributed by atoms with Crippen LogP contribution in [0.3, 0.4) is 0 Å². The van der Waals surface area contributed by atoms with Crippen LogP contribution in [0.2, 0.25) is 0 Å². The Morgan fingerprint density at radius 1 is 0.867 bits per heavy atom. The maximum absolute atomic E-state index is 6.03. The van der Waals surface area contributed by atoms with E-state index in [9.17, 15) is 0 Å². The van der Waals surface area contributed by atoms with Crippen molar-refractivity contribution in [3.8, 4) is 17.2 Å². The van der Waals surface area contributed by atoms with Crippen LogP contribution >= 0.6 is 0 Å². The number of unbranched alkanes of at least 4 members (excludes halogenated alkanes) is 1. The number of rotatable bonds is 12. The predicted octanol–water partition coefficient (Wildman–Crippen LogP) is 5.79. The molecule has 30 heavy (non-hydrogen) atoms. The van der Waals surface area contributed by atoms with Gasteiger partial charge in [0.25, 0.3) is 0 Å². The molecule has 0 atom stereocenters. The second kappa shape index (κ2) is 12.6. The zero-order valence-electron chi connectivity index (χ0n) is 18.7. The van der Waals surface area contributed by atoms with Gasteiger partial charge in [0, 0.05) is 0 Å². The summed E-state index contributed by atoms with van der Waals surface area (Å²) >= 11 is 0. The van der Waals surface area contributed by atoms with Gasteiger partial charge in [-0.2, -0.15) is 0 Å². The molecule has 0 amide bonds. The molecule has 0 N–H and O–H groups in total. The topological polar surface area (TPSA) is 49.3 Å². The van der Waals surface area contributed by atoms with Crippen LogP contribution in [0.5, 0.6) is 17.2 Å². The van der Waals surface area contributed by atoms with Crippen LogP contribution in [0.1, 0.15) is 42.0 Å². The highest BCUT2D eigenvalue weighted by atomic mass is 16.6. The summed E-state index contributed by atoms with van der Waals surface area (Å²) in [7, 11) is 1.53. The van der Waals surface area contributed by atoms with Gasteiger partial charge in [-0.15, -0.1) is 0 Å². The van der Waals surface area contributed by atoms with Gasteiger partial charge < -0.3 is 19.0 Å². The quantitative estimate of drug-likeness (QED) is 0.192. The van der Waals surface area contributed by atoms with Crippen molar-refractivity contribution < 1.29 is 19.0 Å². The van der Waals surface area contributed by atoms with Crippen LogP contribution in [0.15, 0.2) is 47.6 Å². The van der Waals surface area contributed by atoms with Gasteiger partial charge in [0.2, 0.25) is 0 Å². The highest BCUT2D eigenvalue weighted by Crippen LogP contribution is 2.28. The van der Waals surface area contributed by atoms with Gasteiger partial charge in [0.05, 0.1) is 19.4 Å². The molecule has 0 fully saturated rings. The summed E-state index contributed by atoms with van der Waals surface area (Å²) in [6.07, 6.45) is 7.50. The fraction of sp³-hybridized carbons (Fsp3) is 0.400. The van der Waals surface area contributed by atoms with E-state index in [1.54, 1.807) is 6.21 Å². The summed E-state index contributed by atoms with van der Waals surface area (Å²) < 4.78 is 17.7. The van der Waals surface area contributed by atoms with E-state index in [-0.39, 0.29) is 0 Å². The number of hydrogen-bond acceptors (Lipinski definition) is 5. The van der Waals surface area contributed by atoms with Crippen LogP contribution in [0.4, 0.5) is 0 Å². The summed E-state index contributed by atoms with van der Waals surface area (Å²) in [5, 5.41) is 3.78. The molecule has 0 aliphatic heterocycles. The number of nitrogens with zero attached hydrogens (tertiary/aromatic N) is 1. The molecular formula is C25H33NO4. The molecule has 2 aromatic carbocycles. The third-order valence-electron chi connectivity index (χ3n) is 4.56. The molecule has 0 heterocycles. The van der Waals surface area contributed by atoms with Crippen molar-refractivity contribution in [2.24, 2.45) is 5.16 Å². The number of oxime groups is 1. The first-order chi connectivity index (χ1) is 14.5. The Morgan fingerprint density at radius 2 is 1.57 bits per heavy atom. The van der Waals surface area contributed by atoms with E-state index >= 15 is 0 Å². The van der Waals surface area contributed by atoms with Gasteiger partial charge in [-0.1, -0.05) is 17.3 Å². The summed E-state index contributed by atoms with van der Waals surface area (Å²) in [4.78, 5) is 4.71. The molecule has 5 nitrogen and oxygen atoms in total. The Morgan fingerprint density at radius 3 is 2.20 bits per heavy atom. The normalized spacial score (nSPS) is 11.2. The molecule has 2 rings (SSSR count). The van der Waals surface area contributed by atoms with Crippen LogP contribution in [-0.2, 0) is 4.84 Å². The second-order valence-electron chi connectivity index (χ2n) is 7.11. The molecule has 0 unspecified atom stereocenters. The monoisotopic (exact) mass is 411 g/mol. The van der Waals surface area contributed by atoms with Crippen LogP contribution in [0, 0.1) is 20.8 Å². The fourth-order valence-corrected chi connectivity index (χ4v) is 3.05. The molecule has 0 aliphatic rings. The standard InChI is InChI=1S/C25H33NO4/c1-6-7-12-28-23-16-20(3)25(21(4)17-23)30-14-9-8-13-29-24-11-10-22(15-19(24)2)18-26-27-5/h6-7,10-11,15-18H,8-9,12-14H2,1-5H3/b7-6+,26-18+. The van der Waals surface area contributed by atoms with E-state index in [1.807, 2.05) is 56.3 Å². The Bertz CT molecular complexity index is 835. The molecule has 0 bridgehead atoms. The molecular weight excluding hydrogens is 378 g/mol. The predicted molar refractivity (Wildman–Crippen MR) is 122 cm³/mol. The largest absolute Gasteiger partial charge is 0.493 e. The van der Waals surface area contributed by atoms with E-state index < -0.39 is 0 Å². The van der Waals surface area contributed by atoms with Crippen LogP contribution in [0.25, 0.3) is 0 Å². The Balaban J connectivity index is 1.74. The maximum Gasteiger partial charge on any atom is 0.125 e. The minimum atomic E-state index is 0.582. The molecule has 2 aromatic rings. The summed E-state index contributed by atoms with van der Waals surface area (Å²) in [5.74, 6) is 2.71. The fourth-order valence-electron chi connectivity index (χ4n) is 3.05. The summed E-state index contributed by atoms with van der Waals surface area (Å²) in [5.41, 5.74) is 4.25. The number of ether oxygens (including phenoxy) is 3. The lowest BCUT2D eigenvalue weighted by molar-refractivity contribution is 0.215. The molecule has 0 saturated heterocycles. The first-order valence-electron chi connectivity index (χ1n) is 10.3. The molecule has 0 radical (unpaired) electrons. The molecule has 5 heteroatoms. The van der Waals surface area contributed by atoms with E-state index in [4.69, 9.17) is 19.0 Å². The van der Waals surface area contributed by atoms with Crippen molar-refractivity contribution in [3.63, 3.8) is 0 Å². The number of hydrogen-bond donors (Lipinski definition) is 0. The Hall–Kier alpha value is -2.95. The average Bonchev–Trinajstić information content (AvgIpc) is 2.72.